The van der Waals surface area contributed by atoms with E-state index < -0.39 is 6.10 Å². The molecule has 5 heteroatoms. The van der Waals surface area contributed by atoms with Gasteiger partial charge in [-0.3, -0.25) is 0 Å². The molecule has 1 unspecified atom stereocenters. The molecule has 1 aromatic heterocycles. The number of hydrogen-bond acceptors (Lipinski definition) is 5. The highest BCUT2D eigenvalue weighted by molar-refractivity contribution is 5.85. The number of phenolic OH excluding ortho intramolecular Hbond substituents is 1. The van der Waals surface area contributed by atoms with E-state index in [1.165, 1.54) is 0 Å². The molecule has 5 nitrogen and oxygen atoms in total. The second-order valence-corrected chi connectivity index (χ2v) is 6.58. The Morgan fingerprint density at radius 2 is 1.85 bits per heavy atom. The first kappa shape index (κ1) is 18.2. The van der Waals surface area contributed by atoms with E-state index in [0.29, 0.717) is 36.2 Å². The van der Waals surface area contributed by atoms with Gasteiger partial charge in [0, 0.05) is 30.5 Å². The third kappa shape index (κ3) is 3.79. The van der Waals surface area contributed by atoms with Gasteiger partial charge in [-0.25, -0.2) is 4.79 Å². The number of aliphatic hydroxyl groups is 1. The summed E-state index contributed by atoms with van der Waals surface area (Å²) in [6, 6.07) is 13.2. The molecular formula is C21H23NO4. The molecule has 136 valence electrons. The van der Waals surface area contributed by atoms with E-state index in [1.807, 2.05) is 37.3 Å². The Labute approximate surface area is 151 Å². The number of hydrogen-bond donors (Lipinski definition) is 3. The molecular weight excluding hydrogens is 330 g/mol. The molecule has 1 heterocycles. The van der Waals surface area contributed by atoms with Crippen molar-refractivity contribution in [2.45, 2.75) is 32.9 Å². The monoisotopic (exact) mass is 353 g/mol. The molecule has 3 N–H and O–H groups in total. The zero-order valence-electron chi connectivity index (χ0n) is 15.0. The van der Waals surface area contributed by atoms with Gasteiger partial charge in [0.1, 0.15) is 11.3 Å². The minimum Gasteiger partial charge on any atom is -0.507 e. The maximum atomic E-state index is 12.6. The summed E-state index contributed by atoms with van der Waals surface area (Å²) < 4.78 is 5.60. The van der Waals surface area contributed by atoms with Gasteiger partial charge in [0.25, 0.3) is 0 Å². The predicted molar refractivity (Wildman–Crippen MR) is 102 cm³/mol. The van der Waals surface area contributed by atoms with Crippen LogP contribution in [-0.4, -0.2) is 22.9 Å². The van der Waals surface area contributed by atoms with Crippen molar-refractivity contribution in [3.63, 3.8) is 0 Å². The Morgan fingerprint density at radius 1 is 1.12 bits per heavy atom. The van der Waals surface area contributed by atoms with Gasteiger partial charge in [0.2, 0.25) is 0 Å². The third-order valence-electron chi connectivity index (χ3n) is 4.50. The van der Waals surface area contributed by atoms with Crippen molar-refractivity contribution in [3.8, 4) is 5.75 Å². The van der Waals surface area contributed by atoms with Gasteiger partial charge >= 0.3 is 5.63 Å². The van der Waals surface area contributed by atoms with Crippen LogP contribution in [0.15, 0.2) is 51.7 Å². The van der Waals surface area contributed by atoms with Gasteiger partial charge < -0.3 is 19.9 Å². The molecule has 0 spiro atoms. The second kappa shape index (κ2) is 7.72. The summed E-state index contributed by atoms with van der Waals surface area (Å²) in [6.45, 7) is 4.26. The zero-order valence-corrected chi connectivity index (χ0v) is 15.0. The van der Waals surface area contributed by atoms with Crippen LogP contribution in [0.3, 0.4) is 0 Å². The maximum absolute atomic E-state index is 12.6. The van der Waals surface area contributed by atoms with Crippen LogP contribution in [0.2, 0.25) is 0 Å². The summed E-state index contributed by atoms with van der Waals surface area (Å²) in [5, 5.41) is 23.4. The van der Waals surface area contributed by atoms with E-state index in [4.69, 9.17) is 4.42 Å². The maximum Gasteiger partial charge on any atom is 0.340 e. The Morgan fingerprint density at radius 3 is 2.54 bits per heavy atom. The Kier molecular flexibility index (Phi) is 5.40. The van der Waals surface area contributed by atoms with E-state index in [9.17, 15) is 15.0 Å². The second-order valence-electron chi connectivity index (χ2n) is 6.58. The van der Waals surface area contributed by atoms with Crippen LogP contribution in [-0.2, 0) is 13.0 Å². The minimum absolute atomic E-state index is 0.0638. The normalized spacial score (nSPS) is 12.4. The number of aryl methyl sites for hydroxylation is 1. The topological polar surface area (TPSA) is 82.7 Å². The van der Waals surface area contributed by atoms with Gasteiger partial charge in [0.15, 0.2) is 0 Å². The molecule has 2 aromatic carbocycles. The lowest BCUT2D eigenvalue weighted by molar-refractivity contribution is 0.191. The summed E-state index contributed by atoms with van der Waals surface area (Å²) in [7, 11) is 0. The van der Waals surface area contributed by atoms with Crippen molar-refractivity contribution in [3.05, 3.63) is 75.1 Å². The molecule has 0 aliphatic carbocycles. The summed E-state index contributed by atoms with van der Waals surface area (Å²) in [4.78, 5) is 12.6. The van der Waals surface area contributed by atoms with Crippen LogP contribution in [0.4, 0.5) is 0 Å². The fourth-order valence-electron chi connectivity index (χ4n) is 3.08. The largest absolute Gasteiger partial charge is 0.507 e. The Bertz CT molecular complexity index is 961. The van der Waals surface area contributed by atoms with E-state index >= 15 is 0 Å². The molecule has 26 heavy (non-hydrogen) atoms. The van der Waals surface area contributed by atoms with Gasteiger partial charge in [-0.1, -0.05) is 30.3 Å². The highest BCUT2D eigenvalue weighted by Gasteiger charge is 2.16. The number of phenols is 1. The molecule has 0 bridgehead atoms. The molecule has 0 aliphatic rings. The molecule has 0 saturated heterocycles. The predicted octanol–water partition coefficient (Wildman–Crippen LogP) is 2.87. The number of rotatable bonds is 6. The molecule has 0 radical (unpaired) electrons. The van der Waals surface area contributed by atoms with Crippen LogP contribution < -0.4 is 10.9 Å². The van der Waals surface area contributed by atoms with Crippen LogP contribution in [0.5, 0.6) is 5.75 Å². The number of nitrogens with one attached hydrogen (secondary N) is 1. The summed E-state index contributed by atoms with van der Waals surface area (Å²) in [6.07, 6.45) is -0.000116. The van der Waals surface area contributed by atoms with Gasteiger partial charge in [-0.15, -0.1) is 0 Å². The smallest absolute Gasteiger partial charge is 0.340 e. The summed E-state index contributed by atoms with van der Waals surface area (Å²) in [5.74, 6) is 0.0638. The molecule has 0 aliphatic heterocycles. The van der Waals surface area contributed by atoms with Gasteiger partial charge in [0.05, 0.1) is 11.7 Å². The fourth-order valence-corrected chi connectivity index (χ4v) is 3.08. The highest BCUT2D eigenvalue weighted by atomic mass is 16.4. The Balaban J connectivity index is 2.04. The van der Waals surface area contributed by atoms with E-state index in [1.54, 1.807) is 19.1 Å². The first-order chi connectivity index (χ1) is 12.5. The van der Waals surface area contributed by atoms with E-state index in [0.717, 1.165) is 16.5 Å². The first-order valence-electron chi connectivity index (χ1n) is 8.67. The lowest BCUT2D eigenvalue weighted by Gasteiger charge is -2.13. The first-order valence-corrected chi connectivity index (χ1v) is 8.67. The van der Waals surface area contributed by atoms with Crippen LogP contribution in [0, 0.1) is 6.92 Å². The molecule has 0 fully saturated rings. The van der Waals surface area contributed by atoms with Crippen molar-refractivity contribution < 1.29 is 14.6 Å². The van der Waals surface area contributed by atoms with E-state index in [2.05, 4.69) is 5.32 Å². The number of fused-ring (bicyclic) bond motifs is 1. The van der Waals surface area contributed by atoms with Crippen LogP contribution in [0.1, 0.15) is 29.2 Å². The third-order valence-corrected chi connectivity index (χ3v) is 4.50. The van der Waals surface area contributed by atoms with Crippen molar-refractivity contribution >= 4 is 11.0 Å². The van der Waals surface area contributed by atoms with Crippen molar-refractivity contribution in [2.24, 2.45) is 0 Å². The summed E-state index contributed by atoms with van der Waals surface area (Å²) in [5.41, 5.74) is 3.05. The van der Waals surface area contributed by atoms with E-state index in [-0.39, 0.29) is 11.4 Å². The quantitative estimate of drug-likeness (QED) is 0.594. The number of benzene rings is 2. The van der Waals surface area contributed by atoms with Gasteiger partial charge in [-0.2, -0.15) is 0 Å². The fraction of sp³-hybridized carbons (Fsp3) is 0.286. The molecule has 1 atom stereocenters. The summed E-state index contributed by atoms with van der Waals surface area (Å²) >= 11 is 0. The number of aromatic hydroxyl groups is 1. The lowest BCUT2D eigenvalue weighted by Crippen LogP contribution is -2.24. The van der Waals surface area contributed by atoms with Gasteiger partial charge in [-0.05, 0) is 37.1 Å². The van der Waals surface area contributed by atoms with Crippen LogP contribution >= 0.6 is 0 Å². The van der Waals surface area contributed by atoms with Crippen LogP contribution in [0.25, 0.3) is 11.0 Å². The Hall–Kier alpha value is -2.63. The van der Waals surface area contributed by atoms with Crippen molar-refractivity contribution in [2.75, 3.05) is 6.54 Å². The average molecular weight is 353 g/mol. The van der Waals surface area contributed by atoms with Crippen molar-refractivity contribution in [1.29, 1.82) is 0 Å². The standard InChI is InChI=1S/C21H23NO4/c1-13(23)11-22-12-18-19(24)9-8-16-14(2)17(21(25)26-20(16)18)10-15-6-4-3-5-7-15/h3-9,13,22-24H,10-12H2,1-2H3. The zero-order chi connectivity index (χ0) is 18.7. The molecule has 0 saturated carbocycles. The average Bonchev–Trinajstić information content (AvgIpc) is 2.61. The van der Waals surface area contributed by atoms with Crippen molar-refractivity contribution in [1.82, 2.24) is 5.32 Å². The molecule has 0 amide bonds. The molecule has 3 rings (SSSR count). The molecule has 3 aromatic rings. The number of aliphatic hydroxyl groups excluding tert-OH is 1. The highest BCUT2D eigenvalue weighted by Crippen LogP contribution is 2.29. The lowest BCUT2D eigenvalue weighted by atomic mass is 9.98. The SMILES string of the molecule is Cc1c(Cc2ccccc2)c(=O)oc2c(CNCC(C)O)c(O)ccc12. The minimum atomic E-state index is -0.502.